The van der Waals surface area contributed by atoms with Crippen LogP contribution in [0.25, 0.3) is 0 Å². The van der Waals surface area contributed by atoms with Crippen LogP contribution in [0.3, 0.4) is 0 Å². The number of rotatable bonds is 5. The number of carbonyl (C=O) groups is 1. The molecule has 0 N–H and O–H groups in total. The largest absolute Gasteiger partial charge is 0.513 e. The molecule has 4 heteroatoms. The molecule has 0 spiro atoms. The number of ether oxygens (including phenoxy) is 2. The van der Waals surface area contributed by atoms with Crippen LogP contribution in [-0.2, 0) is 21.4 Å². The average Bonchev–Trinajstić information content (AvgIpc) is 2.49. The minimum absolute atomic E-state index is 0.120. The predicted octanol–water partition coefficient (Wildman–Crippen LogP) is 4.03. The molecule has 0 saturated heterocycles. The third kappa shape index (κ3) is 4.83. The van der Waals surface area contributed by atoms with Gasteiger partial charge in [-0.05, 0) is 31.2 Å². The van der Waals surface area contributed by atoms with Crippen LogP contribution in [0, 0.1) is 0 Å². The van der Waals surface area contributed by atoms with Gasteiger partial charge in [-0.2, -0.15) is 0 Å². The molecule has 0 fully saturated rings. The lowest BCUT2D eigenvalue weighted by Gasteiger charge is -2.06. The van der Waals surface area contributed by atoms with Gasteiger partial charge >= 0.3 is 6.16 Å². The van der Waals surface area contributed by atoms with Crippen molar-refractivity contribution in [1.29, 1.82) is 0 Å². The quantitative estimate of drug-likeness (QED) is 0.475. The van der Waals surface area contributed by atoms with Gasteiger partial charge in [-0.25, -0.2) is 4.79 Å². The number of hydrogen-bond donors (Lipinski definition) is 0. The second-order valence-corrected chi connectivity index (χ2v) is 6.56. The third-order valence-corrected chi connectivity index (χ3v) is 4.76. The summed E-state index contributed by atoms with van der Waals surface area (Å²) in [4.78, 5) is 12.5. The number of carbonyl (C=O) groups excluding carboxylic acids is 1. The molecule has 0 aliphatic heterocycles. The molecule has 1 atom stereocenters. The second kappa shape index (κ2) is 7.74. The van der Waals surface area contributed by atoms with Crippen molar-refractivity contribution in [3.63, 3.8) is 0 Å². The molecule has 110 valence electrons. The highest BCUT2D eigenvalue weighted by Gasteiger charge is 2.16. The van der Waals surface area contributed by atoms with Crippen molar-refractivity contribution < 1.29 is 14.3 Å². The fourth-order valence-corrected chi connectivity index (χ4v) is 3.35. The molecule has 1 unspecified atom stereocenters. The van der Waals surface area contributed by atoms with E-state index in [-0.39, 0.29) is 10.9 Å². The zero-order valence-electron chi connectivity index (χ0n) is 12.2. The SMILES string of the molecule is CCOC(=O)Oc1ccc([S+](C)Cc2ccccc2)cc1. The number of hydrogen-bond acceptors (Lipinski definition) is 3. The summed E-state index contributed by atoms with van der Waals surface area (Å²) in [6.45, 7) is 2.06. The van der Waals surface area contributed by atoms with Gasteiger partial charge in [0.15, 0.2) is 4.90 Å². The fourth-order valence-electron chi connectivity index (χ4n) is 1.89. The molecule has 0 amide bonds. The summed E-state index contributed by atoms with van der Waals surface area (Å²) < 4.78 is 9.79. The van der Waals surface area contributed by atoms with Gasteiger partial charge in [0.05, 0.1) is 6.61 Å². The maximum absolute atomic E-state index is 11.2. The van der Waals surface area contributed by atoms with Crippen LogP contribution >= 0.6 is 0 Å². The molecule has 2 aromatic rings. The molecule has 0 aliphatic carbocycles. The Morgan fingerprint density at radius 3 is 2.33 bits per heavy atom. The molecule has 0 aromatic heterocycles. The standard InChI is InChI=1S/C17H19O3S/c1-3-19-17(18)20-15-9-11-16(12-10-15)21(2)13-14-7-5-4-6-8-14/h4-12H,3,13H2,1-2H3/q+1. The van der Waals surface area contributed by atoms with E-state index in [1.54, 1.807) is 19.1 Å². The Hall–Kier alpha value is -1.94. The van der Waals surface area contributed by atoms with Gasteiger partial charge in [0, 0.05) is 16.5 Å². The summed E-state index contributed by atoms with van der Waals surface area (Å²) in [6.07, 6.45) is 1.55. The lowest BCUT2D eigenvalue weighted by molar-refractivity contribution is 0.104. The Labute approximate surface area is 128 Å². The van der Waals surface area contributed by atoms with Gasteiger partial charge in [0.25, 0.3) is 0 Å². The maximum Gasteiger partial charge on any atom is 0.513 e. The van der Waals surface area contributed by atoms with Crippen molar-refractivity contribution in [2.45, 2.75) is 17.6 Å². The van der Waals surface area contributed by atoms with E-state index in [1.807, 2.05) is 18.2 Å². The molecule has 2 aromatic carbocycles. The summed E-state index contributed by atoms with van der Waals surface area (Å²) in [5.41, 5.74) is 1.33. The minimum Gasteiger partial charge on any atom is -0.434 e. The van der Waals surface area contributed by atoms with E-state index in [1.165, 1.54) is 10.5 Å². The summed E-state index contributed by atoms with van der Waals surface area (Å²) in [6, 6.07) is 18.0. The van der Waals surface area contributed by atoms with Crippen molar-refractivity contribution in [3.05, 3.63) is 60.2 Å². The Morgan fingerprint density at radius 1 is 1.05 bits per heavy atom. The molecular weight excluding hydrogens is 284 g/mol. The topological polar surface area (TPSA) is 35.5 Å². The van der Waals surface area contributed by atoms with Gasteiger partial charge in [0.2, 0.25) is 0 Å². The Kier molecular flexibility index (Phi) is 5.69. The Morgan fingerprint density at radius 2 is 1.71 bits per heavy atom. The van der Waals surface area contributed by atoms with E-state index < -0.39 is 6.16 Å². The van der Waals surface area contributed by atoms with E-state index in [0.29, 0.717) is 12.4 Å². The molecule has 0 heterocycles. The lowest BCUT2D eigenvalue weighted by atomic mass is 10.2. The van der Waals surface area contributed by atoms with Crippen molar-refractivity contribution in [2.75, 3.05) is 12.9 Å². The van der Waals surface area contributed by atoms with E-state index >= 15 is 0 Å². The highest BCUT2D eigenvalue weighted by molar-refractivity contribution is 7.95. The molecule has 3 nitrogen and oxygen atoms in total. The van der Waals surface area contributed by atoms with Crippen LogP contribution in [0.5, 0.6) is 5.75 Å². The van der Waals surface area contributed by atoms with Gasteiger partial charge < -0.3 is 9.47 Å². The summed E-state index contributed by atoms with van der Waals surface area (Å²) in [5.74, 6) is 1.52. The fraction of sp³-hybridized carbons (Fsp3) is 0.235. The molecule has 21 heavy (non-hydrogen) atoms. The van der Waals surface area contributed by atoms with E-state index in [9.17, 15) is 4.79 Å². The summed E-state index contributed by atoms with van der Waals surface area (Å²) in [5, 5.41) is 0. The van der Waals surface area contributed by atoms with Crippen molar-refractivity contribution in [2.24, 2.45) is 0 Å². The first-order valence-electron chi connectivity index (χ1n) is 6.80. The molecular formula is C17H19O3S+. The van der Waals surface area contributed by atoms with Crippen LogP contribution in [0.1, 0.15) is 12.5 Å². The zero-order valence-corrected chi connectivity index (χ0v) is 13.1. The Balaban J connectivity index is 1.96. The lowest BCUT2D eigenvalue weighted by Crippen LogP contribution is -2.10. The maximum atomic E-state index is 11.2. The van der Waals surface area contributed by atoms with Crippen LogP contribution in [0.15, 0.2) is 59.5 Å². The molecule has 2 rings (SSSR count). The summed E-state index contributed by atoms with van der Waals surface area (Å²) in [7, 11) is 0.120. The third-order valence-electron chi connectivity index (χ3n) is 2.92. The normalized spacial score (nSPS) is 11.7. The number of benzene rings is 2. The van der Waals surface area contributed by atoms with E-state index in [2.05, 4.69) is 30.5 Å². The van der Waals surface area contributed by atoms with Gasteiger partial charge in [-0.3, -0.25) is 0 Å². The first-order chi connectivity index (χ1) is 10.2. The highest BCUT2D eigenvalue weighted by Crippen LogP contribution is 2.20. The van der Waals surface area contributed by atoms with Crippen LogP contribution in [-0.4, -0.2) is 19.0 Å². The van der Waals surface area contributed by atoms with Crippen molar-refractivity contribution in [1.82, 2.24) is 0 Å². The summed E-state index contributed by atoms with van der Waals surface area (Å²) >= 11 is 0. The van der Waals surface area contributed by atoms with Crippen LogP contribution in [0.4, 0.5) is 4.79 Å². The van der Waals surface area contributed by atoms with Crippen molar-refractivity contribution in [3.8, 4) is 5.75 Å². The van der Waals surface area contributed by atoms with Gasteiger partial charge in [-0.15, -0.1) is 0 Å². The first-order valence-corrected chi connectivity index (χ1v) is 8.60. The monoisotopic (exact) mass is 303 g/mol. The Bertz CT molecular complexity index is 566. The van der Waals surface area contributed by atoms with Crippen LogP contribution in [0.2, 0.25) is 0 Å². The van der Waals surface area contributed by atoms with Crippen molar-refractivity contribution >= 4 is 17.1 Å². The highest BCUT2D eigenvalue weighted by atomic mass is 32.2. The minimum atomic E-state index is -0.662. The zero-order chi connectivity index (χ0) is 15.1. The predicted molar refractivity (Wildman–Crippen MR) is 85.8 cm³/mol. The average molecular weight is 303 g/mol. The molecule has 0 bridgehead atoms. The molecule has 0 radical (unpaired) electrons. The van der Waals surface area contributed by atoms with Gasteiger partial charge in [0.1, 0.15) is 17.8 Å². The van der Waals surface area contributed by atoms with Gasteiger partial charge in [-0.1, -0.05) is 30.3 Å². The second-order valence-electron chi connectivity index (χ2n) is 4.52. The van der Waals surface area contributed by atoms with E-state index in [0.717, 1.165) is 5.75 Å². The van der Waals surface area contributed by atoms with Crippen LogP contribution < -0.4 is 4.74 Å². The molecule has 0 saturated carbocycles. The first kappa shape index (κ1) is 15.4. The van der Waals surface area contributed by atoms with E-state index in [4.69, 9.17) is 9.47 Å². The smallest absolute Gasteiger partial charge is 0.434 e. The molecule has 0 aliphatic rings.